The van der Waals surface area contributed by atoms with Gasteiger partial charge in [0.05, 0.1) is 13.1 Å². The summed E-state index contributed by atoms with van der Waals surface area (Å²) in [6.07, 6.45) is 0. The number of rotatable bonds is 4. The quantitative estimate of drug-likeness (QED) is 0.484. The van der Waals surface area contributed by atoms with Gasteiger partial charge < -0.3 is 0 Å². The predicted octanol–water partition coefficient (Wildman–Crippen LogP) is 3.15. The van der Waals surface area contributed by atoms with E-state index in [-0.39, 0.29) is 21.8 Å². The second kappa shape index (κ2) is 7.51. The van der Waals surface area contributed by atoms with Gasteiger partial charge in [0, 0.05) is 12.5 Å². The highest BCUT2D eigenvalue weighted by atomic mass is 32.2. The fraction of sp³-hybridized carbons (Fsp3) is 0.333. The zero-order valence-corrected chi connectivity index (χ0v) is 14.8. The largest absolute Gasteiger partial charge is 0.289 e. The maximum absolute atomic E-state index is 12.5. The van der Waals surface area contributed by atoms with Crippen LogP contribution in [-0.4, -0.2) is 45.6 Å². The smallest absolute Gasteiger partial charge is 0.211 e. The van der Waals surface area contributed by atoms with Crippen molar-refractivity contribution in [1.29, 1.82) is 0 Å². The number of hydrogen-bond donors (Lipinski definition) is 0. The highest BCUT2D eigenvalue weighted by Gasteiger charge is 2.30. The van der Waals surface area contributed by atoms with Gasteiger partial charge in [0.2, 0.25) is 10.9 Å². The predicted molar refractivity (Wildman–Crippen MR) is 100 cm³/mol. The average Bonchev–Trinajstić information content (AvgIpc) is 2.55. The zero-order valence-electron chi connectivity index (χ0n) is 13.2. The first-order valence-corrected chi connectivity index (χ1v) is 10.2. The number of carbonyl (C=O) groups is 2. The van der Waals surface area contributed by atoms with Crippen molar-refractivity contribution in [2.75, 3.05) is 30.3 Å². The molecule has 3 nitrogen and oxygen atoms in total. The Hall–Kier alpha value is -1.30. The van der Waals surface area contributed by atoms with Gasteiger partial charge in [0.1, 0.15) is 11.5 Å². The molecule has 1 heterocycles. The summed E-state index contributed by atoms with van der Waals surface area (Å²) in [5.41, 5.74) is 0.816. The third-order valence-electron chi connectivity index (χ3n) is 3.92. The number of ketones is 1. The molecule has 3 rings (SSSR count). The van der Waals surface area contributed by atoms with Gasteiger partial charge in [-0.2, -0.15) is 0 Å². The number of fused-ring (bicyclic) bond motifs is 1. The molecule has 2 aromatic rings. The van der Waals surface area contributed by atoms with Crippen molar-refractivity contribution in [1.82, 2.24) is 4.31 Å². The molecule has 0 saturated carbocycles. The molecule has 1 fully saturated rings. The number of carbonyl (C=O) groups excluding carboxylic acids is 2. The van der Waals surface area contributed by atoms with E-state index in [1.807, 2.05) is 36.4 Å². The Morgan fingerprint density at radius 1 is 1.09 bits per heavy atom. The second-order valence-corrected chi connectivity index (χ2v) is 9.27. The molecule has 0 bridgehead atoms. The maximum Gasteiger partial charge on any atom is 0.211 e. The highest BCUT2D eigenvalue weighted by molar-refractivity contribution is 8.11. The number of hydrogen-bond acceptors (Lipinski definition) is 4. The van der Waals surface area contributed by atoms with E-state index in [1.54, 1.807) is 6.92 Å². The van der Waals surface area contributed by atoms with Gasteiger partial charge in [-0.05, 0) is 39.7 Å². The topological polar surface area (TPSA) is 37.4 Å². The van der Waals surface area contributed by atoms with Crippen LogP contribution in [0.2, 0.25) is 0 Å². The Morgan fingerprint density at radius 2 is 1.78 bits per heavy atom. The normalized spacial score (nSPS) is 16.6. The molecular weight excluding hydrogens is 326 g/mol. The van der Waals surface area contributed by atoms with Gasteiger partial charge in [-0.15, -0.1) is 0 Å². The Kier molecular flexibility index (Phi) is 5.41. The van der Waals surface area contributed by atoms with Crippen molar-refractivity contribution in [3.8, 4) is 0 Å². The fourth-order valence-corrected chi connectivity index (χ4v) is 5.67. The first-order valence-electron chi connectivity index (χ1n) is 7.71. The summed E-state index contributed by atoms with van der Waals surface area (Å²) >= 11 is 1.31. The Labute approximate surface area is 143 Å². The molecule has 0 aromatic heterocycles. The summed E-state index contributed by atoms with van der Waals surface area (Å²) in [5.74, 6) is 2.91. The molecule has 5 heteroatoms. The molecular formula is C18H20NO2S2+. The molecule has 1 aliphatic heterocycles. The number of nitrogens with zero attached hydrogens (tertiary/aromatic N) is 1. The van der Waals surface area contributed by atoms with Crippen molar-refractivity contribution in [3.05, 3.63) is 48.0 Å². The van der Waals surface area contributed by atoms with Crippen LogP contribution in [0.15, 0.2) is 42.5 Å². The summed E-state index contributed by atoms with van der Waals surface area (Å²) in [5, 5.41) is 2.43. The van der Waals surface area contributed by atoms with Crippen LogP contribution < -0.4 is 0 Å². The maximum atomic E-state index is 12.5. The molecule has 0 spiro atoms. The van der Waals surface area contributed by atoms with Crippen LogP contribution in [0.3, 0.4) is 0 Å². The van der Waals surface area contributed by atoms with Crippen molar-refractivity contribution in [2.45, 2.75) is 6.92 Å². The van der Waals surface area contributed by atoms with Crippen molar-refractivity contribution in [3.63, 3.8) is 0 Å². The van der Waals surface area contributed by atoms with Crippen LogP contribution in [0.25, 0.3) is 10.8 Å². The molecule has 0 aliphatic carbocycles. The SMILES string of the molecule is CC(=O)SN1CC[S+](CC(=O)c2ccc3ccccc3c2)CC1. The minimum absolute atomic E-state index is 0.138. The summed E-state index contributed by atoms with van der Waals surface area (Å²) in [6.45, 7) is 3.40. The minimum Gasteiger partial charge on any atom is -0.289 e. The van der Waals surface area contributed by atoms with E-state index in [4.69, 9.17) is 0 Å². The zero-order chi connectivity index (χ0) is 16.2. The molecule has 1 aliphatic rings. The van der Waals surface area contributed by atoms with Gasteiger partial charge in [-0.3, -0.25) is 9.59 Å². The van der Waals surface area contributed by atoms with Gasteiger partial charge >= 0.3 is 0 Å². The molecule has 120 valence electrons. The lowest BCUT2D eigenvalue weighted by Crippen LogP contribution is -2.39. The van der Waals surface area contributed by atoms with E-state index >= 15 is 0 Å². The first-order chi connectivity index (χ1) is 11.1. The van der Waals surface area contributed by atoms with Crippen LogP contribution in [-0.2, 0) is 15.7 Å². The van der Waals surface area contributed by atoms with Crippen LogP contribution in [0.1, 0.15) is 17.3 Å². The van der Waals surface area contributed by atoms with Crippen LogP contribution in [0, 0.1) is 0 Å². The van der Waals surface area contributed by atoms with Crippen LogP contribution in [0.4, 0.5) is 0 Å². The Bertz CT molecular complexity index is 724. The Morgan fingerprint density at radius 3 is 2.48 bits per heavy atom. The second-order valence-electron chi connectivity index (χ2n) is 5.66. The molecule has 1 saturated heterocycles. The summed E-state index contributed by atoms with van der Waals surface area (Å²) in [6, 6.07) is 14.1. The lowest BCUT2D eigenvalue weighted by molar-refractivity contribution is -0.109. The fourth-order valence-electron chi connectivity index (χ4n) is 2.72. The highest BCUT2D eigenvalue weighted by Crippen LogP contribution is 2.19. The van der Waals surface area contributed by atoms with E-state index in [0.29, 0.717) is 5.75 Å². The molecule has 23 heavy (non-hydrogen) atoms. The van der Waals surface area contributed by atoms with E-state index in [0.717, 1.165) is 35.5 Å². The molecule has 0 atom stereocenters. The summed E-state index contributed by atoms with van der Waals surface area (Å²) in [4.78, 5) is 23.7. The van der Waals surface area contributed by atoms with Gasteiger partial charge in [-0.25, -0.2) is 4.31 Å². The molecule has 0 radical (unpaired) electrons. The third kappa shape index (κ3) is 4.37. The average molecular weight is 346 g/mol. The van der Waals surface area contributed by atoms with E-state index < -0.39 is 0 Å². The lowest BCUT2D eigenvalue weighted by Gasteiger charge is -2.24. The van der Waals surface area contributed by atoms with Crippen molar-refractivity contribution in [2.24, 2.45) is 0 Å². The van der Waals surface area contributed by atoms with E-state index in [9.17, 15) is 9.59 Å². The minimum atomic E-state index is 0.138. The standard InChI is InChI=1S/C18H20NO2S2/c1-14(20)22-19-8-10-23(11-9-19)13-18(21)17-7-6-15-4-2-3-5-16(15)12-17/h2-7,12H,8-11,13H2,1H3/q+1. The summed E-state index contributed by atoms with van der Waals surface area (Å²) in [7, 11) is 0.140. The number of Topliss-reactive ketones (excluding diaryl/α,β-unsaturated/α-hetero) is 1. The van der Waals surface area contributed by atoms with Gasteiger partial charge in [-0.1, -0.05) is 36.4 Å². The molecule has 0 amide bonds. The van der Waals surface area contributed by atoms with Crippen LogP contribution in [0.5, 0.6) is 0 Å². The number of benzene rings is 2. The molecule has 0 N–H and O–H groups in total. The van der Waals surface area contributed by atoms with E-state index in [2.05, 4.69) is 10.4 Å². The Balaban J connectivity index is 1.59. The third-order valence-corrected chi connectivity index (χ3v) is 6.99. The summed E-state index contributed by atoms with van der Waals surface area (Å²) < 4.78 is 2.12. The lowest BCUT2D eigenvalue weighted by atomic mass is 10.1. The van der Waals surface area contributed by atoms with Gasteiger partial charge in [0.15, 0.2) is 5.75 Å². The first kappa shape index (κ1) is 16.6. The van der Waals surface area contributed by atoms with Crippen LogP contribution >= 0.6 is 11.9 Å². The molecule has 2 aromatic carbocycles. The molecule has 0 unspecified atom stereocenters. The van der Waals surface area contributed by atoms with Gasteiger partial charge in [0.25, 0.3) is 0 Å². The van der Waals surface area contributed by atoms with E-state index in [1.165, 1.54) is 17.3 Å². The monoisotopic (exact) mass is 346 g/mol. The van der Waals surface area contributed by atoms with Crippen molar-refractivity contribution >= 4 is 44.5 Å². The van der Waals surface area contributed by atoms with Crippen molar-refractivity contribution < 1.29 is 9.59 Å².